The van der Waals surface area contributed by atoms with Crippen LogP contribution in [0.3, 0.4) is 0 Å². The molecular weight excluding hydrogens is 238 g/mol. The maximum absolute atomic E-state index is 12.5. The minimum atomic E-state index is -0.485. The van der Waals surface area contributed by atoms with Crippen LogP contribution in [0, 0.1) is 5.92 Å². The van der Waals surface area contributed by atoms with E-state index in [4.69, 9.17) is 10.5 Å². The summed E-state index contributed by atoms with van der Waals surface area (Å²) in [5.41, 5.74) is 7.05. The van der Waals surface area contributed by atoms with Gasteiger partial charge in [-0.3, -0.25) is 4.79 Å². The summed E-state index contributed by atoms with van der Waals surface area (Å²) in [5.74, 6) is 0.255. The lowest BCUT2D eigenvalue weighted by Gasteiger charge is -2.47. The number of carbonyl (C=O) groups is 1. The van der Waals surface area contributed by atoms with Crippen molar-refractivity contribution in [1.82, 2.24) is 0 Å². The summed E-state index contributed by atoms with van der Waals surface area (Å²) in [4.78, 5) is 12.5. The summed E-state index contributed by atoms with van der Waals surface area (Å²) >= 11 is 0. The van der Waals surface area contributed by atoms with Gasteiger partial charge >= 0.3 is 0 Å². The van der Waals surface area contributed by atoms with Gasteiger partial charge in [-0.25, -0.2) is 0 Å². The normalized spacial score (nSPS) is 26.7. The SMILES string of the molecule is N[C@@H](C(=O)C1CCOC2(CCC2)C1)c1ccccc1. The van der Waals surface area contributed by atoms with Crippen LogP contribution >= 0.6 is 0 Å². The lowest BCUT2D eigenvalue weighted by atomic mass is 9.70. The highest BCUT2D eigenvalue weighted by Gasteiger charge is 2.44. The molecular formula is C16H21NO2. The molecule has 102 valence electrons. The average Bonchev–Trinajstić information content (AvgIpc) is 2.45. The number of hydrogen-bond acceptors (Lipinski definition) is 3. The van der Waals surface area contributed by atoms with Crippen molar-refractivity contribution in [3.05, 3.63) is 35.9 Å². The summed E-state index contributed by atoms with van der Waals surface area (Å²) in [7, 11) is 0. The molecule has 1 saturated carbocycles. The molecule has 3 heteroatoms. The van der Waals surface area contributed by atoms with Crippen LogP contribution in [0.25, 0.3) is 0 Å². The first-order chi connectivity index (χ1) is 9.20. The second-order valence-electron chi connectivity index (χ2n) is 5.87. The summed E-state index contributed by atoms with van der Waals surface area (Å²) in [6, 6.07) is 9.18. The van der Waals surface area contributed by atoms with Gasteiger partial charge in [0.15, 0.2) is 5.78 Å². The van der Waals surface area contributed by atoms with Crippen molar-refractivity contribution in [2.45, 2.75) is 43.7 Å². The van der Waals surface area contributed by atoms with Gasteiger partial charge in [-0.05, 0) is 37.7 Å². The maximum atomic E-state index is 12.5. The molecule has 1 aliphatic carbocycles. The van der Waals surface area contributed by atoms with Gasteiger partial charge in [0.1, 0.15) is 0 Å². The number of Topliss-reactive ketones (excluding diaryl/α,β-unsaturated/α-hetero) is 1. The summed E-state index contributed by atoms with van der Waals surface area (Å²) in [6.07, 6.45) is 5.13. The predicted molar refractivity (Wildman–Crippen MR) is 73.6 cm³/mol. The third-order valence-corrected chi connectivity index (χ3v) is 4.63. The monoisotopic (exact) mass is 259 g/mol. The fourth-order valence-corrected chi connectivity index (χ4v) is 3.27. The Hall–Kier alpha value is -1.19. The van der Waals surface area contributed by atoms with E-state index >= 15 is 0 Å². The van der Waals surface area contributed by atoms with Gasteiger partial charge < -0.3 is 10.5 Å². The van der Waals surface area contributed by atoms with E-state index in [1.54, 1.807) is 0 Å². The maximum Gasteiger partial charge on any atom is 0.157 e. The number of hydrogen-bond donors (Lipinski definition) is 1. The van der Waals surface area contributed by atoms with Crippen molar-refractivity contribution in [2.24, 2.45) is 11.7 Å². The van der Waals surface area contributed by atoms with Crippen LogP contribution in [0.5, 0.6) is 0 Å². The number of nitrogens with two attached hydrogens (primary N) is 1. The fraction of sp³-hybridized carbons (Fsp3) is 0.562. The minimum Gasteiger partial charge on any atom is -0.375 e. The summed E-state index contributed by atoms with van der Waals surface area (Å²) in [5, 5.41) is 0. The van der Waals surface area contributed by atoms with E-state index in [9.17, 15) is 4.79 Å². The average molecular weight is 259 g/mol. The van der Waals surface area contributed by atoms with Crippen molar-refractivity contribution in [3.8, 4) is 0 Å². The molecule has 1 heterocycles. The standard InChI is InChI=1S/C16H21NO2/c17-14(12-5-2-1-3-6-12)15(18)13-7-10-19-16(11-13)8-4-9-16/h1-3,5-6,13-14H,4,7-11,17H2/t13?,14-/m1/s1. The topological polar surface area (TPSA) is 52.3 Å². The molecule has 2 aliphatic rings. The van der Waals surface area contributed by atoms with Gasteiger partial charge in [0.25, 0.3) is 0 Å². The van der Waals surface area contributed by atoms with Crippen molar-refractivity contribution in [3.63, 3.8) is 0 Å². The lowest BCUT2D eigenvalue weighted by Crippen LogP contribution is -2.48. The second-order valence-corrected chi connectivity index (χ2v) is 5.87. The van der Waals surface area contributed by atoms with Gasteiger partial charge in [0.05, 0.1) is 11.6 Å². The first-order valence-corrected chi connectivity index (χ1v) is 7.18. The van der Waals surface area contributed by atoms with Crippen LogP contribution in [0.15, 0.2) is 30.3 Å². The lowest BCUT2D eigenvalue weighted by molar-refractivity contribution is -0.156. The molecule has 1 unspecified atom stereocenters. The van der Waals surface area contributed by atoms with Gasteiger partial charge in [-0.2, -0.15) is 0 Å². The van der Waals surface area contributed by atoms with Gasteiger partial charge in [-0.1, -0.05) is 30.3 Å². The van der Waals surface area contributed by atoms with Crippen molar-refractivity contribution < 1.29 is 9.53 Å². The molecule has 1 spiro atoms. The highest BCUT2D eigenvalue weighted by atomic mass is 16.5. The molecule has 2 fully saturated rings. The molecule has 2 N–H and O–H groups in total. The van der Waals surface area contributed by atoms with E-state index in [-0.39, 0.29) is 17.3 Å². The molecule has 19 heavy (non-hydrogen) atoms. The van der Waals surface area contributed by atoms with E-state index in [0.717, 1.165) is 31.2 Å². The van der Waals surface area contributed by atoms with Crippen molar-refractivity contribution in [1.29, 1.82) is 0 Å². The Balaban J connectivity index is 1.69. The number of rotatable bonds is 3. The van der Waals surface area contributed by atoms with E-state index in [1.807, 2.05) is 30.3 Å². The van der Waals surface area contributed by atoms with Gasteiger partial charge in [-0.15, -0.1) is 0 Å². The Morgan fingerprint density at radius 3 is 2.68 bits per heavy atom. The molecule has 0 amide bonds. The van der Waals surface area contributed by atoms with E-state index in [1.165, 1.54) is 6.42 Å². The van der Waals surface area contributed by atoms with E-state index in [0.29, 0.717) is 6.61 Å². The number of benzene rings is 1. The smallest absolute Gasteiger partial charge is 0.157 e. The van der Waals surface area contributed by atoms with Crippen LogP contribution in [0.2, 0.25) is 0 Å². The summed E-state index contributed by atoms with van der Waals surface area (Å²) in [6.45, 7) is 0.706. The highest BCUT2D eigenvalue weighted by Crippen LogP contribution is 2.45. The largest absolute Gasteiger partial charge is 0.375 e. The van der Waals surface area contributed by atoms with Crippen molar-refractivity contribution >= 4 is 5.78 Å². The first-order valence-electron chi connectivity index (χ1n) is 7.18. The van der Waals surface area contributed by atoms with Crippen LogP contribution in [0.1, 0.15) is 43.7 Å². The zero-order chi connectivity index (χ0) is 13.3. The minimum absolute atomic E-state index is 0.00891. The number of ketones is 1. The number of carbonyl (C=O) groups excluding carboxylic acids is 1. The zero-order valence-corrected chi connectivity index (χ0v) is 11.2. The zero-order valence-electron chi connectivity index (χ0n) is 11.2. The second kappa shape index (κ2) is 5.06. The molecule has 1 aliphatic heterocycles. The molecule has 0 radical (unpaired) electrons. The molecule has 0 bridgehead atoms. The third-order valence-electron chi connectivity index (χ3n) is 4.63. The molecule has 1 aromatic rings. The van der Waals surface area contributed by atoms with Crippen LogP contribution < -0.4 is 5.73 Å². The Bertz CT molecular complexity index is 453. The van der Waals surface area contributed by atoms with E-state index < -0.39 is 6.04 Å². The third kappa shape index (κ3) is 2.45. The van der Waals surface area contributed by atoms with Gasteiger partial charge in [0, 0.05) is 12.5 Å². The molecule has 3 rings (SSSR count). The molecule has 3 nitrogen and oxygen atoms in total. The Labute approximate surface area is 114 Å². The van der Waals surface area contributed by atoms with E-state index in [2.05, 4.69) is 0 Å². The molecule has 1 saturated heterocycles. The molecule has 1 aromatic carbocycles. The highest BCUT2D eigenvalue weighted by molar-refractivity contribution is 5.87. The fourth-order valence-electron chi connectivity index (χ4n) is 3.27. The Morgan fingerprint density at radius 2 is 2.05 bits per heavy atom. The molecule has 2 atom stereocenters. The van der Waals surface area contributed by atoms with Gasteiger partial charge in [0.2, 0.25) is 0 Å². The quantitative estimate of drug-likeness (QED) is 0.907. The first kappa shape index (κ1) is 12.8. The number of ether oxygens (including phenoxy) is 1. The van der Waals surface area contributed by atoms with Crippen LogP contribution in [-0.4, -0.2) is 18.0 Å². The van der Waals surface area contributed by atoms with Crippen molar-refractivity contribution in [2.75, 3.05) is 6.61 Å². The van der Waals surface area contributed by atoms with Crippen LogP contribution in [-0.2, 0) is 9.53 Å². The Kier molecular flexibility index (Phi) is 3.42. The Morgan fingerprint density at radius 1 is 1.32 bits per heavy atom. The summed E-state index contributed by atoms with van der Waals surface area (Å²) < 4.78 is 5.87. The van der Waals surface area contributed by atoms with Crippen LogP contribution in [0.4, 0.5) is 0 Å². The predicted octanol–water partition coefficient (Wildman–Crippen LogP) is 2.60. The molecule has 0 aromatic heterocycles.